The molecule has 3 nitrogen and oxygen atoms in total. The first kappa shape index (κ1) is 13.0. The second-order valence-electron chi connectivity index (χ2n) is 3.37. The van der Waals surface area contributed by atoms with Gasteiger partial charge in [0, 0.05) is 15.5 Å². The van der Waals surface area contributed by atoms with Crippen LogP contribution in [0.5, 0.6) is 0 Å². The maximum Gasteiger partial charge on any atom is 0.323 e. The molecule has 1 rings (SSSR count). The third-order valence-electron chi connectivity index (χ3n) is 2.00. The van der Waals surface area contributed by atoms with E-state index < -0.39 is 0 Å². The summed E-state index contributed by atoms with van der Waals surface area (Å²) in [6.45, 7) is 3.99. The van der Waals surface area contributed by atoms with Crippen LogP contribution in [-0.4, -0.2) is 6.03 Å². The molecular weight excluding hydrogens is 315 g/mol. The first-order valence-corrected chi connectivity index (χ1v) is 6.20. The molecule has 0 spiro atoms. The molecule has 0 heterocycles. The van der Waals surface area contributed by atoms with Gasteiger partial charge in [-0.2, -0.15) is 0 Å². The number of aryl methyl sites for hydroxylation is 1. The largest absolute Gasteiger partial charge is 0.323 e. The Morgan fingerprint density at radius 1 is 1.50 bits per heavy atom. The van der Waals surface area contributed by atoms with Crippen molar-refractivity contribution in [1.29, 1.82) is 0 Å². The number of rotatable bonds is 3. The maximum atomic E-state index is 11.4. The summed E-state index contributed by atoms with van der Waals surface area (Å²) in [5.41, 5.74) is 1.89. The molecule has 86 valence electrons. The number of benzene rings is 1. The van der Waals surface area contributed by atoms with Crippen LogP contribution in [0.15, 0.2) is 30.5 Å². The highest BCUT2D eigenvalue weighted by Gasteiger charge is 2.02. The molecule has 0 saturated heterocycles. The zero-order valence-corrected chi connectivity index (χ0v) is 11.5. The third-order valence-corrected chi connectivity index (χ3v) is 2.68. The molecule has 1 aromatic carbocycles. The van der Waals surface area contributed by atoms with Crippen LogP contribution in [0.4, 0.5) is 10.5 Å². The number of hydrogen-bond acceptors (Lipinski definition) is 1. The van der Waals surface area contributed by atoms with Gasteiger partial charge in [0.1, 0.15) is 0 Å². The van der Waals surface area contributed by atoms with Gasteiger partial charge in [-0.05, 0) is 59.7 Å². The van der Waals surface area contributed by atoms with E-state index in [-0.39, 0.29) is 6.03 Å². The van der Waals surface area contributed by atoms with Crippen molar-refractivity contribution in [3.05, 3.63) is 39.6 Å². The Labute approximate surface area is 109 Å². The zero-order chi connectivity index (χ0) is 12.0. The van der Waals surface area contributed by atoms with Crippen molar-refractivity contribution in [1.82, 2.24) is 5.32 Å². The summed E-state index contributed by atoms with van der Waals surface area (Å²) in [7, 11) is 0. The Hall–Kier alpha value is -1.04. The fourth-order valence-corrected chi connectivity index (χ4v) is 1.83. The van der Waals surface area contributed by atoms with Gasteiger partial charge < -0.3 is 10.6 Å². The molecule has 0 unspecified atom stereocenters. The third kappa shape index (κ3) is 4.22. The minimum absolute atomic E-state index is 0.214. The van der Waals surface area contributed by atoms with E-state index in [9.17, 15) is 4.79 Å². The van der Waals surface area contributed by atoms with Crippen molar-refractivity contribution in [2.75, 3.05) is 5.32 Å². The Balaban J connectivity index is 2.59. The lowest BCUT2D eigenvalue weighted by Gasteiger charge is -2.08. The summed E-state index contributed by atoms with van der Waals surface area (Å²) < 4.78 is 1.16. The van der Waals surface area contributed by atoms with Crippen molar-refractivity contribution in [3.8, 4) is 0 Å². The number of urea groups is 1. The minimum atomic E-state index is -0.214. The number of allylic oxidation sites excluding steroid dienone is 1. The summed E-state index contributed by atoms with van der Waals surface area (Å²) in [4.78, 5) is 11.4. The zero-order valence-electron chi connectivity index (χ0n) is 9.38. The van der Waals surface area contributed by atoms with Gasteiger partial charge in [0.2, 0.25) is 0 Å². The van der Waals surface area contributed by atoms with Crippen LogP contribution < -0.4 is 10.6 Å². The Kier molecular flexibility index (Phi) is 5.31. The molecule has 4 heteroatoms. The molecule has 0 aliphatic heterocycles. The van der Waals surface area contributed by atoms with Gasteiger partial charge in [0.25, 0.3) is 0 Å². The molecule has 0 aliphatic carbocycles. The van der Waals surface area contributed by atoms with Gasteiger partial charge >= 0.3 is 6.03 Å². The average molecular weight is 330 g/mol. The highest BCUT2D eigenvalue weighted by Crippen LogP contribution is 2.17. The standard InChI is InChI=1S/C12H15IN2O/c1-3-4-7-14-12(16)15-11-6-5-10(13)8-9(11)2/h4-8H,3H2,1-2H3,(H2,14,15,16)/b7-4+. The molecule has 0 saturated carbocycles. The average Bonchev–Trinajstić information content (AvgIpc) is 2.23. The summed E-state index contributed by atoms with van der Waals surface area (Å²) in [6.07, 6.45) is 4.45. The molecule has 2 amide bonds. The van der Waals surface area contributed by atoms with Gasteiger partial charge in [0.05, 0.1) is 0 Å². The van der Waals surface area contributed by atoms with E-state index in [2.05, 4.69) is 33.2 Å². The molecular formula is C12H15IN2O. The van der Waals surface area contributed by atoms with Gasteiger partial charge in [-0.15, -0.1) is 0 Å². The van der Waals surface area contributed by atoms with Crippen molar-refractivity contribution >= 4 is 34.3 Å². The topological polar surface area (TPSA) is 41.1 Å². The van der Waals surface area contributed by atoms with Crippen LogP contribution in [0.3, 0.4) is 0 Å². The summed E-state index contributed by atoms with van der Waals surface area (Å²) >= 11 is 2.24. The second-order valence-corrected chi connectivity index (χ2v) is 4.61. The summed E-state index contributed by atoms with van der Waals surface area (Å²) in [6, 6.07) is 5.68. The monoisotopic (exact) mass is 330 g/mol. The normalized spacial score (nSPS) is 10.4. The Bertz CT molecular complexity index is 402. The van der Waals surface area contributed by atoms with Crippen molar-refractivity contribution in [3.63, 3.8) is 0 Å². The predicted molar refractivity (Wildman–Crippen MR) is 75.5 cm³/mol. The number of halogens is 1. The number of anilines is 1. The van der Waals surface area contributed by atoms with Crippen molar-refractivity contribution in [2.45, 2.75) is 20.3 Å². The smallest absolute Gasteiger partial charge is 0.315 e. The quantitative estimate of drug-likeness (QED) is 0.816. The molecule has 0 fully saturated rings. The lowest BCUT2D eigenvalue weighted by Crippen LogP contribution is -2.24. The number of amides is 2. The Morgan fingerprint density at radius 3 is 2.88 bits per heavy atom. The first-order valence-electron chi connectivity index (χ1n) is 5.12. The lowest BCUT2D eigenvalue weighted by molar-refractivity contribution is 0.255. The number of hydrogen-bond donors (Lipinski definition) is 2. The van der Waals surface area contributed by atoms with E-state index >= 15 is 0 Å². The highest BCUT2D eigenvalue weighted by molar-refractivity contribution is 14.1. The molecule has 0 radical (unpaired) electrons. The van der Waals surface area contributed by atoms with Gasteiger partial charge in [-0.3, -0.25) is 0 Å². The number of carbonyl (C=O) groups excluding carboxylic acids is 1. The van der Waals surface area contributed by atoms with E-state index in [1.54, 1.807) is 6.20 Å². The first-order chi connectivity index (χ1) is 7.63. The van der Waals surface area contributed by atoms with E-state index in [0.29, 0.717) is 0 Å². The number of carbonyl (C=O) groups is 1. The molecule has 0 atom stereocenters. The van der Waals surface area contributed by atoms with Gasteiger partial charge in [0.15, 0.2) is 0 Å². The van der Waals surface area contributed by atoms with Gasteiger partial charge in [-0.1, -0.05) is 13.0 Å². The van der Waals surface area contributed by atoms with E-state index in [1.165, 1.54) is 0 Å². The predicted octanol–water partition coefficient (Wildman–Crippen LogP) is 3.64. The van der Waals surface area contributed by atoms with Crippen LogP contribution in [0.1, 0.15) is 18.9 Å². The molecule has 0 aliphatic rings. The molecule has 16 heavy (non-hydrogen) atoms. The van der Waals surface area contributed by atoms with Crippen molar-refractivity contribution < 1.29 is 4.79 Å². The molecule has 0 aromatic heterocycles. The minimum Gasteiger partial charge on any atom is -0.315 e. The summed E-state index contributed by atoms with van der Waals surface area (Å²) in [5, 5.41) is 5.43. The Morgan fingerprint density at radius 2 is 2.25 bits per heavy atom. The molecule has 2 N–H and O–H groups in total. The van der Waals surface area contributed by atoms with E-state index in [4.69, 9.17) is 0 Å². The summed E-state index contributed by atoms with van der Waals surface area (Å²) in [5.74, 6) is 0. The fourth-order valence-electron chi connectivity index (χ4n) is 1.18. The van der Waals surface area contributed by atoms with Gasteiger partial charge in [-0.25, -0.2) is 4.79 Å². The van der Waals surface area contributed by atoms with Crippen molar-refractivity contribution in [2.24, 2.45) is 0 Å². The highest BCUT2D eigenvalue weighted by atomic mass is 127. The fraction of sp³-hybridized carbons (Fsp3) is 0.250. The van der Waals surface area contributed by atoms with Crippen LogP contribution >= 0.6 is 22.6 Å². The number of nitrogens with one attached hydrogen (secondary N) is 2. The molecule has 1 aromatic rings. The lowest BCUT2D eigenvalue weighted by atomic mass is 10.2. The second kappa shape index (κ2) is 6.52. The van der Waals surface area contributed by atoms with Crippen LogP contribution in [0.25, 0.3) is 0 Å². The maximum absolute atomic E-state index is 11.4. The van der Waals surface area contributed by atoms with Crippen LogP contribution in [0.2, 0.25) is 0 Å². The van der Waals surface area contributed by atoms with E-state index in [0.717, 1.165) is 21.2 Å². The van der Waals surface area contributed by atoms with E-state index in [1.807, 2.05) is 38.1 Å². The van der Waals surface area contributed by atoms with Crippen LogP contribution in [-0.2, 0) is 0 Å². The van der Waals surface area contributed by atoms with Crippen LogP contribution in [0, 0.1) is 10.5 Å². The molecule has 0 bridgehead atoms. The SMILES string of the molecule is CC/C=C/NC(=O)Nc1ccc(I)cc1C.